The van der Waals surface area contributed by atoms with Gasteiger partial charge in [-0.15, -0.1) is 0 Å². The third kappa shape index (κ3) is 5.33. The monoisotopic (exact) mass is 465 g/mol. The number of hydrogen-bond acceptors (Lipinski definition) is 9. The molecular weight excluding hydrogens is 438 g/mol. The predicted octanol–water partition coefficient (Wildman–Crippen LogP) is 2.55. The van der Waals surface area contributed by atoms with Crippen molar-refractivity contribution in [1.29, 1.82) is 0 Å². The van der Waals surface area contributed by atoms with Crippen molar-refractivity contribution in [1.82, 2.24) is 20.0 Å². The highest BCUT2D eigenvalue weighted by molar-refractivity contribution is 5.92. The van der Waals surface area contributed by atoms with Crippen LogP contribution >= 0.6 is 0 Å². The molecule has 0 N–H and O–H groups in total. The van der Waals surface area contributed by atoms with Gasteiger partial charge in [-0.05, 0) is 45.0 Å². The largest absolute Gasteiger partial charge is 0.489 e. The number of carbonyl (C=O) groups is 2. The molecule has 0 aliphatic carbocycles. The molecule has 4 rings (SSSR count). The molecule has 3 aromatic rings. The van der Waals surface area contributed by atoms with Crippen LogP contribution in [-0.2, 0) is 16.1 Å². The lowest BCUT2D eigenvalue weighted by atomic mass is 10.2. The number of nitrogens with zero attached hydrogens (tertiary/aromatic N) is 5. The minimum atomic E-state index is -0.904. The molecule has 0 spiro atoms. The van der Waals surface area contributed by atoms with E-state index in [2.05, 4.69) is 15.1 Å². The van der Waals surface area contributed by atoms with Crippen molar-refractivity contribution in [2.45, 2.75) is 33.5 Å². The summed E-state index contributed by atoms with van der Waals surface area (Å²) < 4.78 is 16.4. The van der Waals surface area contributed by atoms with E-state index < -0.39 is 12.1 Å². The second-order valence-electron chi connectivity index (χ2n) is 8.03. The van der Waals surface area contributed by atoms with Crippen molar-refractivity contribution >= 4 is 17.8 Å². The van der Waals surface area contributed by atoms with E-state index in [1.54, 1.807) is 54.5 Å². The first kappa shape index (κ1) is 23.2. The second kappa shape index (κ2) is 10.3. The number of carbonyl (C=O) groups excluding carboxylic acids is 2. The van der Waals surface area contributed by atoms with Gasteiger partial charge in [-0.25, -0.2) is 14.8 Å². The first-order valence-corrected chi connectivity index (χ1v) is 11.1. The number of benzene rings is 1. The molecule has 1 amide bonds. The molecule has 3 heterocycles. The number of aromatic nitrogens is 3. The number of ether oxygens (including phenoxy) is 2. The fraction of sp³-hybridized carbons (Fsp3) is 0.375. The van der Waals surface area contributed by atoms with Crippen LogP contribution in [0.4, 0.5) is 5.95 Å². The highest BCUT2D eigenvalue weighted by atomic mass is 16.5. The molecular formula is C24H27N5O5. The third-order valence-corrected chi connectivity index (χ3v) is 5.69. The van der Waals surface area contributed by atoms with Gasteiger partial charge in [0.2, 0.25) is 5.95 Å². The minimum Gasteiger partial charge on any atom is -0.489 e. The smallest absolute Gasteiger partial charge is 0.339 e. The molecule has 2 aromatic heterocycles. The predicted molar refractivity (Wildman–Crippen MR) is 122 cm³/mol. The van der Waals surface area contributed by atoms with E-state index in [9.17, 15) is 9.59 Å². The van der Waals surface area contributed by atoms with Gasteiger partial charge in [-0.3, -0.25) is 4.79 Å². The highest BCUT2D eigenvalue weighted by Gasteiger charge is 2.28. The summed E-state index contributed by atoms with van der Waals surface area (Å²) in [7, 11) is 0. The summed E-state index contributed by atoms with van der Waals surface area (Å²) >= 11 is 0. The van der Waals surface area contributed by atoms with Crippen molar-refractivity contribution in [3.63, 3.8) is 0 Å². The summed E-state index contributed by atoms with van der Waals surface area (Å²) in [6, 6.07) is 8.44. The summed E-state index contributed by atoms with van der Waals surface area (Å²) in [5.74, 6) is 1.03. The number of hydrogen-bond donors (Lipinski definition) is 0. The van der Waals surface area contributed by atoms with Crippen molar-refractivity contribution in [2.75, 3.05) is 31.1 Å². The molecule has 1 aliphatic rings. The topological polar surface area (TPSA) is 111 Å². The normalized spacial score (nSPS) is 14.6. The van der Waals surface area contributed by atoms with Crippen LogP contribution in [0.3, 0.4) is 0 Å². The van der Waals surface area contributed by atoms with Crippen LogP contribution in [-0.4, -0.2) is 64.2 Å². The van der Waals surface area contributed by atoms with Crippen LogP contribution in [0.2, 0.25) is 0 Å². The molecule has 34 heavy (non-hydrogen) atoms. The maximum atomic E-state index is 12.8. The van der Waals surface area contributed by atoms with Gasteiger partial charge < -0.3 is 23.8 Å². The van der Waals surface area contributed by atoms with Crippen LogP contribution in [0.5, 0.6) is 5.75 Å². The number of esters is 1. The molecule has 1 fully saturated rings. The Bertz CT molecular complexity index is 1120. The zero-order valence-electron chi connectivity index (χ0n) is 19.4. The van der Waals surface area contributed by atoms with Gasteiger partial charge >= 0.3 is 5.97 Å². The first-order valence-electron chi connectivity index (χ1n) is 11.1. The van der Waals surface area contributed by atoms with Crippen LogP contribution in [0, 0.1) is 13.8 Å². The van der Waals surface area contributed by atoms with Gasteiger partial charge in [-0.2, -0.15) is 0 Å². The van der Waals surface area contributed by atoms with Gasteiger partial charge in [0.15, 0.2) is 6.10 Å². The summed E-state index contributed by atoms with van der Waals surface area (Å²) in [5.41, 5.74) is 1.94. The molecule has 10 heteroatoms. The lowest BCUT2D eigenvalue weighted by Gasteiger charge is -2.35. The van der Waals surface area contributed by atoms with Gasteiger partial charge in [0, 0.05) is 38.6 Å². The Labute approximate surface area is 197 Å². The molecule has 1 saturated heterocycles. The number of anilines is 1. The summed E-state index contributed by atoms with van der Waals surface area (Å²) in [6.07, 6.45) is 2.48. The standard InChI is InChI=1S/C24H27N5O5/c1-16-21(17(2)34-27-16)15-32-20-7-4-6-19(14-20)23(31)33-18(3)22(30)28-10-12-29(13-11-28)24-25-8-5-9-26-24/h4-9,14,18H,10-13,15H2,1-3H3. The Morgan fingerprint density at radius 2 is 1.82 bits per heavy atom. The van der Waals surface area contributed by atoms with E-state index in [1.807, 2.05) is 18.7 Å². The van der Waals surface area contributed by atoms with Gasteiger partial charge in [0.25, 0.3) is 5.91 Å². The molecule has 1 unspecified atom stereocenters. The van der Waals surface area contributed by atoms with Crippen LogP contribution in [0.25, 0.3) is 0 Å². The van der Waals surface area contributed by atoms with Crippen LogP contribution in [0.15, 0.2) is 47.2 Å². The lowest BCUT2D eigenvalue weighted by Crippen LogP contribution is -2.52. The number of aryl methyl sites for hydroxylation is 2. The second-order valence-corrected chi connectivity index (χ2v) is 8.03. The number of amides is 1. The van der Waals surface area contributed by atoms with Crippen molar-refractivity contribution in [2.24, 2.45) is 0 Å². The average Bonchev–Trinajstić information content (AvgIpc) is 3.19. The van der Waals surface area contributed by atoms with Gasteiger partial charge in [0.1, 0.15) is 18.1 Å². The van der Waals surface area contributed by atoms with Crippen LogP contribution in [0.1, 0.15) is 34.3 Å². The molecule has 0 radical (unpaired) electrons. The molecule has 1 aliphatic heterocycles. The Kier molecular flexibility index (Phi) is 7.05. The highest BCUT2D eigenvalue weighted by Crippen LogP contribution is 2.20. The van der Waals surface area contributed by atoms with E-state index in [1.165, 1.54) is 0 Å². The maximum Gasteiger partial charge on any atom is 0.339 e. The third-order valence-electron chi connectivity index (χ3n) is 5.69. The summed E-state index contributed by atoms with van der Waals surface area (Å²) in [5, 5.41) is 3.91. The van der Waals surface area contributed by atoms with Gasteiger partial charge in [-0.1, -0.05) is 11.2 Å². The van der Waals surface area contributed by atoms with Crippen molar-refractivity contribution in [3.05, 3.63) is 65.3 Å². The van der Waals surface area contributed by atoms with E-state index in [0.29, 0.717) is 49.2 Å². The maximum absolute atomic E-state index is 12.8. The lowest BCUT2D eigenvalue weighted by molar-refractivity contribution is -0.140. The van der Waals surface area contributed by atoms with Crippen molar-refractivity contribution < 1.29 is 23.6 Å². The van der Waals surface area contributed by atoms with E-state index in [0.717, 1.165) is 11.3 Å². The Morgan fingerprint density at radius 3 is 2.50 bits per heavy atom. The SMILES string of the molecule is Cc1noc(C)c1COc1cccc(C(=O)OC(C)C(=O)N2CCN(c3ncccn3)CC2)c1. The summed E-state index contributed by atoms with van der Waals surface area (Å²) in [6.45, 7) is 7.76. The fourth-order valence-corrected chi connectivity index (χ4v) is 3.69. The van der Waals surface area contributed by atoms with E-state index in [4.69, 9.17) is 14.0 Å². The molecule has 10 nitrogen and oxygen atoms in total. The number of rotatable bonds is 7. The molecule has 0 saturated carbocycles. The minimum absolute atomic E-state index is 0.229. The van der Waals surface area contributed by atoms with E-state index in [-0.39, 0.29) is 12.5 Å². The Balaban J connectivity index is 1.30. The quantitative estimate of drug-likeness (QED) is 0.486. The molecule has 1 atom stereocenters. The van der Waals surface area contributed by atoms with Crippen molar-refractivity contribution in [3.8, 4) is 5.75 Å². The molecule has 1 aromatic carbocycles. The van der Waals surface area contributed by atoms with Crippen LogP contribution < -0.4 is 9.64 Å². The fourth-order valence-electron chi connectivity index (χ4n) is 3.69. The molecule has 0 bridgehead atoms. The zero-order valence-corrected chi connectivity index (χ0v) is 19.4. The average molecular weight is 466 g/mol. The first-order chi connectivity index (χ1) is 16.4. The Morgan fingerprint density at radius 1 is 1.09 bits per heavy atom. The van der Waals surface area contributed by atoms with Gasteiger partial charge in [0.05, 0.1) is 16.8 Å². The molecule has 178 valence electrons. The number of piperazine rings is 1. The summed E-state index contributed by atoms with van der Waals surface area (Å²) in [4.78, 5) is 37.7. The zero-order chi connectivity index (χ0) is 24.1. The Hall–Kier alpha value is -3.95. The van der Waals surface area contributed by atoms with E-state index >= 15 is 0 Å².